The molecule has 1 amide bonds. The van der Waals surface area contributed by atoms with Crippen molar-refractivity contribution < 1.29 is 42.9 Å². The van der Waals surface area contributed by atoms with Gasteiger partial charge in [0.2, 0.25) is 12.2 Å². The van der Waals surface area contributed by atoms with E-state index in [9.17, 15) is 19.2 Å². The fraction of sp³-hybridized carbons (Fsp3) is 0.500. The first-order valence-electron chi connectivity index (χ1n) is 9.50. The van der Waals surface area contributed by atoms with Crippen LogP contribution < -0.4 is 15.8 Å². The number of esters is 3. The maximum absolute atomic E-state index is 11.9. The molecule has 1 heterocycles. The van der Waals surface area contributed by atoms with Crippen molar-refractivity contribution in [1.29, 1.82) is 0 Å². The van der Waals surface area contributed by atoms with Gasteiger partial charge in [-0.15, -0.1) is 0 Å². The number of amides is 1. The average Bonchev–Trinajstić information content (AvgIpc) is 2.65. The summed E-state index contributed by atoms with van der Waals surface area (Å²) in [5, 5.41) is 2.61. The number of benzene rings is 1. The summed E-state index contributed by atoms with van der Waals surface area (Å²) in [6.45, 7) is 4.46. The molecule has 1 aromatic rings. The van der Waals surface area contributed by atoms with Gasteiger partial charge in [-0.25, -0.2) is 0 Å². The summed E-state index contributed by atoms with van der Waals surface area (Å²) in [4.78, 5) is 46.7. The highest BCUT2D eigenvalue weighted by atomic mass is 16.7. The van der Waals surface area contributed by atoms with Crippen LogP contribution in [0.25, 0.3) is 0 Å². The molecular weight excluding hydrogens is 412 g/mol. The predicted octanol–water partition coefficient (Wildman–Crippen LogP) is 0.304. The lowest BCUT2D eigenvalue weighted by atomic mass is 9.96. The van der Waals surface area contributed by atoms with Gasteiger partial charge in [0, 0.05) is 27.7 Å². The summed E-state index contributed by atoms with van der Waals surface area (Å²) in [6, 6.07) is 5.51. The summed E-state index contributed by atoms with van der Waals surface area (Å²) >= 11 is 0. The van der Waals surface area contributed by atoms with E-state index in [1.54, 1.807) is 24.3 Å². The third kappa shape index (κ3) is 6.85. The highest BCUT2D eigenvalue weighted by Gasteiger charge is 2.52. The fourth-order valence-corrected chi connectivity index (χ4v) is 3.10. The molecule has 11 heteroatoms. The van der Waals surface area contributed by atoms with Crippen molar-refractivity contribution in [2.24, 2.45) is 0 Å². The van der Waals surface area contributed by atoms with Crippen molar-refractivity contribution in [2.45, 2.75) is 58.3 Å². The highest BCUT2D eigenvalue weighted by Crippen LogP contribution is 2.30. The number of hydrogen-bond acceptors (Lipinski definition) is 10. The third-order valence-electron chi connectivity index (χ3n) is 4.23. The van der Waals surface area contributed by atoms with Gasteiger partial charge in [0.25, 0.3) is 0 Å². The quantitative estimate of drug-likeness (QED) is 0.345. The van der Waals surface area contributed by atoms with E-state index in [2.05, 4.69) is 5.32 Å². The molecule has 1 aliphatic rings. The van der Waals surface area contributed by atoms with Gasteiger partial charge in [-0.3, -0.25) is 19.2 Å². The van der Waals surface area contributed by atoms with Crippen LogP contribution in [0.2, 0.25) is 0 Å². The van der Waals surface area contributed by atoms with E-state index in [1.165, 1.54) is 13.8 Å². The SMILES string of the molecule is CC(=O)NC1C(Oc2ccccc2N)OC(COC(C)=O)C(OC(C)=O)C1OC(C)=O. The summed E-state index contributed by atoms with van der Waals surface area (Å²) in [6.07, 6.45) is -4.66. The molecule has 0 aliphatic carbocycles. The van der Waals surface area contributed by atoms with E-state index in [0.717, 1.165) is 13.8 Å². The van der Waals surface area contributed by atoms with Gasteiger partial charge < -0.3 is 34.7 Å². The molecule has 1 saturated heterocycles. The Morgan fingerprint density at radius 3 is 2.13 bits per heavy atom. The first kappa shape index (κ1) is 23.9. The van der Waals surface area contributed by atoms with Crippen LogP contribution in [0.3, 0.4) is 0 Å². The zero-order valence-corrected chi connectivity index (χ0v) is 17.7. The van der Waals surface area contributed by atoms with Gasteiger partial charge in [-0.2, -0.15) is 0 Å². The highest BCUT2D eigenvalue weighted by molar-refractivity contribution is 5.73. The normalized spacial score (nSPS) is 25.1. The Kier molecular flexibility index (Phi) is 8.20. The number of para-hydroxylation sites is 2. The predicted molar refractivity (Wildman–Crippen MR) is 105 cm³/mol. The summed E-state index contributed by atoms with van der Waals surface area (Å²) in [7, 11) is 0. The van der Waals surface area contributed by atoms with E-state index in [-0.39, 0.29) is 12.4 Å². The lowest BCUT2D eigenvalue weighted by molar-refractivity contribution is -0.257. The zero-order valence-electron chi connectivity index (χ0n) is 17.7. The Labute approximate surface area is 179 Å². The Balaban J connectivity index is 2.46. The van der Waals surface area contributed by atoms with E-state index in [1.807, 2.05) is 0 Å². The van der Waals surface area contributed by atoms with Gasteiger partial charge in [0.05, 0.1) is 5.69 Å². The number of nitrogens with one attached hydrogen (secondary N) is 1. The van der Waals surface area contributed by atoms with Crippen LogP contribution in [0, 0.1) is 0 Å². The molecule has 31 heavy (non-hydrogen) atoms. The molecule has 5 atom stereocenters. The van der Waals surface area contributed by atoms with Crippen LogP contribution in [-0.4, -0.2) is 61.1 Å². The minimum Gasteiger partial charge on any atom is -0.463 e. The van der Waals surface area contributed by atoms with Crippen LogP contribution in [0.4, 0.5) is 5.69 Å². The molecule has 0 saturated carbocycles. The number of rotatable bonds is 7. The van der Waals surface area contributed by atoms with Crippen molar-refractivity contribution >= 4 is 29.5 Å². The Hall–Kier alpha value is -3.34. The molecule has 0 spiro atoms. The van der Waals surface area contributed by atoms with Gasteiger partial charge >= 0.3 is 17.9 Å². The number of carbonyl (C=O) groups excluding carboxylic acids is 4. The van der Waals surface area contributed by atoms with Crippen LogP contribution in [0.5, 0.6) is 5.75 Å². The van der Waals surface area contributed by atoms with E-state index >= 15 is 0 Å². The molecule has 0 radical (unpaired) electrons. The molecule has 0 aromatic heterocycles. The van der Waals surface area contributed by atoms with Crippen LogP contribution in [0.15, 0.2) is 24.3 Å². The van der Waals surface area contributed by atoms with Crippen LogP contribution >= 0.6 is 0 Å². The molecule has 1 aromatic carbocycles. The first-order valence-corrected chi connectivity index (χ1v) is 9.50. The molecule has 170 valence electrons. The van der Waals surface area contributed by atoms with E-state index in [0.29, 0.717) is 5.69 Å². The molecular formula is C20H26N2O9. The molecule has 0 bridgehead atoms. The second-order valence-corrected chi connectivity index (χ2v) is 6.88. The number of anilines is 1. The Morgan fingerprint density at radius 1 is 0.968 bits per heavy atom. The van der Waals surface area contributed by atoms with Crippen molar-refractivity contribution in [3.05, 3.63) is 24.3 Å². The number of nitrogen functional groups attached to an aromatic ring is 1. The molecule has 1 fully saturated rings. The lowest BCUT2D eigenvalue weighted by Crippen LogP contribution is -2.67. The first-order chi connectivity index (χ1) is 14.6. The van der Waals surface area contributed by atoms with Crippen molar-refractivity contribution in [3.63, 3.8) is 0 Å². The van der Waals surface area contributed by atoms with Crippen molar-refractivity contribution in [1.82, 2.24) is 5.32 Å². The van der Waals surface area contributed by atoms with Gasteiger partial charge in [-0.1, -0.05) is 12.1 Å². The largest absolute Gasteiger partial charge is 0.463 e. The summed E-state index contributed by atoms with van der Waals surface area (Å²) in [5.41, 5.74) is 6.24. The average molecular weight is 438 g/mol. The molecule has 11 nitrogen and oxygen atoms in total. The summed E-state index contributed by atoms with van der Waals surface area (Å²) < 4.78 is 27.5. The monoisotopic (exact) mass is 438 g/mol. The lowest BCUT2D eigenvalue weighted by Gasteiger charge is -2.44. The maximum Gasteiger partial charge on any atom is 0.303 e. The number of hydrogen-bond donors (Lipinski definition) is 2. The Morgan fingerprint density at radius 2 is 1.58 bits per heavy atom. The summed E-state index contributed by atoms with van der Waals surface area (Å²) in [5.74, 6) is -2.19. The van der Waals surface area contributed by atoms with Crippen molar-refractivity contribution in [3.8, 4) is 5.75 Å². The minimum atomic E-state index is -1.22. The van der Waals surface area contributed by atoms with Gasteiger partial charge in [-0.05, 0) is 12.1 Å². The van der Waals surface area contributed by atoms with E-state index in [4.69, 9.17) is 29.4 Å². The number of carbonyl (C=O) groups is 4. The zero-order chi connectivity index (χ0) is 23.1. The third-order valence-corrected chi connectivity index (χ3v) is 4.23. The second kappa shape index (κ2) is 10.6. The molecule has 3 N–H and O–H groups in total. The topological polar surface area (TPSA) is 152 Å². The Bertz CT molecular complexity index is 829. The number of nitrogens with two attached hydrogens (primary N) is 1. The number of ether oxygens (including phenoxy) is 5. The van der Waals surface area contributed by atoms with Crippen molar-refractivity contribution in [2.75, 3.05) is 12.3 Å². The van der Waals surface area contributed by atoms with Crippen LogP contribution in [-0.2, 0) is 38.1 Å². The van der Waals surface area contributed by atoms with Gasteiger partial charge in [0.1, 0.15) is 24.5 Å². The standard InChI is InChI=1S/C20H26N2O9/c1-10(23)22-17-19(29-13(4)26)18(28-12(3)25)16(9-27-11(2)24)31-20(17)30-15-8-6-5-7-14(15)21/h5-8,16-20H,9,21H2,1-4H3,(H,22,23). The second-order valence-electron chi connectivity index (χ2n) is 6.88. The smallest absolute Gasteiger partial charge is 0.303 e. The minimum absolute atomic E-state index is 0.251. The molecule has 1 aliphatic heterocycles. The molecule has 2 rings (SSSR count). The van der Waals surface area contributed by atoms with E-state index < -0.39 is 54.5 Å². The van der Waals surface area contributed by atoms with Gasteiger partial charge in [0.15, 0.2) is 12.2 Å². The van der Waals surface area contributed by atoms with Crippen LogP contribution in [0.1, 0.15) is 27.7 Å². The maximum atomic E-state index is 11.9. The molecule has 5 unspecified atom stereocenters. The fourth-order valence-electron chi connectivity index (χ4n) is 3.10.